The molecular formula is C18H16ClN3OS. The summed E-state index contributed by atoms with van der Waals surface area (Å²) in [5, 5.41) is 4.53. The van der Waals surface area contributed by atoms with E-state index in [-0.39, 0.29) is 5.91 Å². The summed E-state index contributed by atoms with van der Waals surface area (Å²) in [5.74, 6) is -0.0943. The van der Waals surface area contributed by atoms with Gasteiger partial charge in [0.15, 0.2) is 0 Å². The normalized spacial score (nSPS) is 10.6. The minimum atomic E-state index is -0.0943. The highest BCUT2D eigenvalue weighted by Crippen LogP contribution is 2.27. The lowest BCUT2D eigenvalue weighted by Crippen LogP contribution is -2.25. The van der Waals surface area contributed by atoms with Gasteiger partial charge in [-0.3, -0.25) is 9.78 Å². The Morgan fingerprint density at radius 1 is 1.17 bits per heavy atom. The fourth-order valence-electron chi connectivity index (χ4n) is 2.27. The minimum absolute atomic E-state index is 0.0943. The van der Waals surface area contributed by atoms with Crippen LogP contribution in [0.1, 0.15) is 20.9 Å². The molecule has 3 rings (SSSR count). The molecule has 6 heteroatoms. The van der Waals surface area contributed by atoms with Crippen LogP contribution in [0.4, 0.5) is 0 Å². The Labute approximate surface area is 149 Å². The minimum Gasteiger partial charge on any atom is -0.352 e. The van der Waals surface area contributed by atoms with Gasteiger partial charge in [0.1, 0.15) is 5.01 Å². The number of hydrogen-bond donors (Lipinski definition) is 1. The summed E-state index contributed by atoms with van der Waals surface area (Å²) in [6.45, 7) is 2.57. The fourth-order valence-corrected chi connectivity index (χ4v) is 3.46. The Balaban J connectivity index is 1.60. The number of aromatic nitrogens is 2. The third kappa shape index (κ3) is 3.99. The summed E-state index contributed by atoms with van der Waals surface area (Å²) in [7, 11) is 0. The SMILES string of the molecule is Cc1nc(-c2ccncc2)sc1CCNC(=O)c1ccc(Cl)cc1. The van der Waals surface area contributed by atoms with Crippen molar-refractivity contribution in [2.75, 3.05) is 6.54 Å². The first-order valence-electron chi connectivity index (χ1n) is 7.54. The summed E-state index contributed by atoms with van der Waals surface area (Å²) >= 11 is 7.48. The molecule has 0 bridgehead atoms. The van der Waals surface area contributed by atoms with E-state index in [2.05, 4.69) is 15.3 Å². The summed E-state index contributed by atoms with van der Waals surface area (Å²) in [6, 6.07) is 10.8. The summed E-state index contributed by atoms with van der Waals surface area (Å²) in [5.41, 5.74) is 2.68. The number of rotatable bonds is 5. The third-order valence-electron chi connectivity index (χ3n) is 3.56. The van der Waals surface area contributed by atoms with Crippen LogP contribution in [0.15, 0.2) is 48.8 Å². The van der Waals surface area contributed by atoms with E-state index in [0.717, 1.165) is 22.7 Å². The molecule has 4 nitrogen and oxygen atoms in total. The molecule has 3 aromatic rings. The van der Waals surface area contributed by atoms with Crippen molar-refractivity contribution in [3.8, 4) is 10.6 Å². The van der Waals surface area contributed by atoms with Gasteiger partial charge in [0, 0.05) is 46.4 Å². The van der Waals surface area contributed by atoms with Crippen molar-refractivity contribution >= 4 is 28.8 Å². The van der Waals surface area contributed by atoms with Gasteiger partial charge in [-0.15, -0.1) is 11.3 Å². The highest BCUT2D eigenvalue weighted by Gasteiger charge is 2.10. The molecule has 0 spiro atoms. The molecule has 0 saturated heterocycles. The maximum atomic E-state index is 12.1. The Hall–Kier alpha value is -2.24. The lowest BCUT2D eigenvalue weighted by atomic mass is 10.2. The van der Waals surface area contributed by atoms with Crippen LogP contribution in [0.25, 0.3) is 10.6 Å². The van der Waals surface area contributed by atoms with Crippen molar-refractivity contribution in [1.82, 2.24) is 15.3 Å². The average Bonchev–Trinajstić information content (AvgIpc) is 2.97. The second-order valence-electron chi connectivity index (χ2n) is 5.28. The van der Waals surface area contributed by atoms with Crippen LogP contribution in [0.5, 0.6) is 0 Å². The highest BCUT2D eigenvalue weighted by atomic mass is 35.5. The zero-order valence-corrected chi connectivity index (χ0v) is 14.7. The number of pyridine rings is 1. The number of carbonyl (C=O) groups is 1. The monoisotopic (exact) mass is 357 g/mol. The number of nitrogens with one attached hydrogen (secondary N) is 1. The van der Waals surface area contributed by atoms with Crippen LogP contribution in [-0.2, 0) is 6.42 Å². The van der Waals surface area contributed by atoms with Crippen LogP contribution in [0, 0.1) is 6.92 Å². The van der Waals surface area contributed by atoms with Crippen molar-refractivity contribution < 1.29 is 4.79 Å². The van der Waals surface area contributed by atoms with Crippen LogP contribution >= 0.6 is 22.9 Å². The van der Waals surface area contributed by atoms with Gasteiger partial charge in [0.05, 0.1) is 5.69 Å². The van der Waals surface area contributed by atoms with E-state index in [1.54, 1.807) is 48.0 Å². The van der Waals surface area contributed by atoms with E-state index in [0.29, 0.717) is 17.1 Å². The molecule has 0 fully saturated rings. The van der Waals surface area contributed by atoms with Gasteiger partial charge in [0.2, 0.25) is 0 Å². The van der Waals surface area contributed by atoms with Crippen LogP contribution in [-0.4, -0.2) is 22.4 Å². The molecule has 0 aliphatic rings. The third-order valence-corrected chi connectivity index (χ3v) is 5.08. The molecule has 0 radical (unpaired) electrons. The molecule has 1 aromatic carbocycles. The largest absolute Gasteiger partial charge is 0.352 e. The van der Waals surface area contributed by atoms with Crippen LogP contribution < -0.4 is 5.32 Å². The Kier molecular flexibility index (Phi) is 5.23. The highest BCUT2D eigenvalue weighted by molar-refractivity contribution is 7.15. The Morgan fingerprint density at radius 3 is 2.58 bits per heavy atom. The van der Waals surface area contributed by atoms with Crippen molar-refractivity contribution in [1.29, 1.82) is 0 Å². The molecule has 1 N–H and O–H groups in total. The Bertz CT molecular complexity index is 831. The maximum Gasteiger partial charge on any atom is 0.251 e. The molecule has 0 aliphatic heterocycles. The van der Waals surface area contributed by atoms with E-state index in [4.69, 9.17) is 11.6 Å². The predicted molar refractivity (Wildman–Crippen MR) is 97.6 cm³/mol. The number of hydrogen-bond acceptors (Lipinski definition) is 4. The molecule has 24 heavy (non-hydrogen) atoms. The van der Waals surface area contributed by atoms with Gasteiger partial charge in [-0.25, -0.2) is 4.98 Å². The van der Waals surface area contributed by atoms with Crippen LogP contribution in [0.2, 0.25) is 5.02 Å². The number of amides is 1. The van der Waals surface area contributed by atoms with Gasteiger partial charge >= 0.3 is 0 Å². The fraction of sp³-hybridized carbons (Fsp3) is 0.167. The van der Waals surface area contributed by atoms with E-state index in [9.17, 15) is 4.79 Å². The molecule has 0 saturated carbocycles. The molecule has 0 aliphatic carbocycles. The number of carbonyl (C=O) groups excluding carboxylic acids is 1. The van der Waals surface area contributed by atoms with E-state index >= 15 is 0 Å². The van der Waals surface area contributed by atoms with Gasteiger partial charge in [-0.2, -0.15) is 0 Å². The zero-order valence-electron chi connectivity index (χ0n) is 13.1. The van der Waals surface area contributed by atoms with E-state index in [1.165, 1.54) is 4.88 Å². The summed E-state index contributed by atoms with van der Waals surface area (Å²) < 4.78 is 0. The second-order valence-corrected chi connectivity index (χ2v) is 6.80. The maximum absolute atomic E-state index is 12.1. The number of aryl methyl sites for hydroxylation is 1. The lowest BCUT2D eigenvalue weighted by molar-refractivity contribution is 0.0954. The summed E-state index contributed by atoms with van der Waals surface area (Å²) in [4.78, 5) is 21.9. The first-order valence-corrected chi connectivity index (χ1v) is 8.73. The topological polar surface area (TPSA) is 54.9 Å². The van der Waals surface area contributed by atoms with Gasteiger partial charge in [-0.05, 0) is 43.3 Å². The number of halogens is 1. The van der Waals surface area contributed by atoms with E-state index in [1.807, 2.05) is 19.1 Å². The number of benzene rings is 1. The quantitative estimate of drug-likeness (QED) is 0.746. The Morgan fingerprint density at radius 2 is 1.88 bits per heavy atom. The molecular weight excluding hydrogens is 342 g/mol. The molecule has 0 unspecified atom stereocenters. The average molecular weight is 358 g/mol. The molecule has 1 amide bonds. The lowest BCUT2D eigenvalue weighted by Gasteiger charge is -2.04. The molecule has 2 aromatic heterocycles. The van der Waals surface area contributed by atoms with Gasteiger partial charge in [0.25, 0.3) is 5.91 Å². The summed E-state index contributed by atoms with van der Waals surface area (Å²) in [6.07, 6.45) is 4.28. The first kappa shape index (κ1) is 16.6. The van der Waals surface area contributed by atoms with Gasteiger partial charge < -0.3 is 5.32 Å². The zero-order chi connectivity index (χ0) is 16.9. The first-order chi connectivity index (χ1) is 11.6. The number of nitrogens with zero attached hydrogens (tertiary/aromatic N) is 2. The van der Waals surface area contributed by atoms with Crippen molar-refractivity contribution in [2.24, 2.45) is 0 Å². The predicted octanol–water partition coefficient (Wildman–Crippen LogP) is 4.14. The van der Waals surface area contributed by atoms with Crippen molar-refractivity contribution in [3.05, 3.63) is 69.9 Å². The molecule has 0 atom stereocenters. The van der Waals surface area contributed by atoms with Gasteiger partial charge in [-0.1, -0.05) is 11.6 Å². The van der Waals surface area contributed by atoms with E-state index < -0.39 is 0 Å². The molecule has 122 valence electrons. The van der Waals surface area contributed by atoms with Crippen LogP contribution in [0.3, 0.4) is 0 Å². The smallest absolute Gasteiger partial charge is 0.251 e. The van der Waals surface area contributed by atoms with Crippen molar-refractivity contribution in [2.45, 2.75) is 13.3 Å². The number of thiazole rings is 1. The second kappa shape index (κ2) is 7.55. The standard InChI is InChI=1S/C18H16ClN3OS/c1-12-16(24-18(22-12)14-6-9-20-10-7-14)8-11-21-17(23)13-2-4-15(19)5-3-13/h2-7,9-10H,8,11H2,1H3,(H,21,23). The van der Waals surface area contributed by atoms with Crippen molar-refractivity contribution in [3.63, 3.8) is 0 Å². The molecule has 2 heterocycles.